The Balaban J connectivity index is 2.43. The van der Waals surface area contributed by atoms with Gasteiger partial charge in [0.1, 0.15) is 5.82 Å². The van der Waals surface area contributed by atoms with Gasteiger partial charge in [-0.25, -0.2) is 12.8 Å². The van der Waals surface area contributed by atoms with Crippen molar-refractivity contribution in [3.8, 4) is 0 Å². The van der Waals surface area contributed by atoms with Crippen LogP contribution in [-0.4, -0.2) is 39.0 Å². The molecule has 100 valence electrons. The number of halogens is 1. The predicted octanol–water partition coefficient (Wildman–Crippen LogP) is 0.737. The average molecular weight is 274 g/mol. The summed E-state index contributed by atoms with van der Waals surface area (Å²) in [5.41, 5.74) is 5.63. The van der Waals surface area contributed by atoms with Gasteiger partial charge < -0.3 is 10.5 Å². The third kappa shape index (κ3) is 2.33. The number of hydrogen-bond acceptors (Lipinski definition) is 4. The Kier molecular flexibility index (Phi) is 3.56. The van der Waals surface area contributed by atoms with Crippen LogP contribution in [0.2, 0.25) is 0 Å². The normalized spacial score (nSPS) is 17.9. The Hall–Kier alpha value is -1.18. The second-order valence-electron chi connectivity index (χ2n) is 4.16. The highest BCUT2D eigenvalue weighted by Crippen LogP contribution is 2.25. The molecule has 0 saturated carbocycles. The van der Waals surface area contributed by atoms with Crippen molar-refractivity contribution in [3.05, 3.63) is 23.5 Å². The molecule has 0 amide bonds. The Morgan fingerprint density at radius 1 is 1.33 bits per heavy atom. The van der Waals surface area contributed by atoms with Gasteiger partial charge in [-0.3, -0.25) is 0 Å². The monoisotopic (exact) mass is 274 g/mol. The number of hydrogen-bond donors (Lipinski definition) is 1. The molecular formula is C11H15FN2O3S. The fourth-order valence-electron chi connectivity index (χ4n) is 1.87. The lowest BCUT2D eigenvalue weighted by Gasteiger charge is -2.26. The molecule has 1 aromatic rings. The van der Waals surface area contributed by atoms with E-state index in [1.165, 1.54) is 10.4 Å². The van der Waals surface area contributed by atoms with Crippen LogP contribution < -0.4 is 5.73 Å². The molecular weight excluding hydrogens is 259 g/mol. The van der Waals surface area contributed by atoms with E-state index in [2.05, 4.69) is 0 Å². The molecule has 1 heterocycles. The summed E-state index contributed by atoms with van der Waals surface area (Å²) in [6, 6.07) is 2.32. The van der Waals surface area contributed by atoms with Crippen LogP contribution in [0.4, 0.5) is 10.1 Å². The van der Waals surface area contributed by atoms with Crippen LogP contribution in [0.15, 0.2) is 17.0 Å². The molecule has 2 rings (SSSR count). The third-order valence-electron chi connectivity index (χ3n) is 2.88. The lowest BCUT2D eigenvalue weighted by atomic mass is 10.2. The molecule has 1 saturated heterocycles. The summed E-state index contributed by atoms with van der Waals surface area (Å²) in [7, 11) is -3.63. The first-order valence-corrected chi connectivity index (χ1v) is 7.00. The van der Waals surface area contributed by atoms with Gasteiger partial charge in [-0.2, -0.15) is 4.31 Å². The number of rotatable bonds is 2. The molecule has 2 N–H and O–H groups in total. The number of ether oxygens (including phenoxy) is 1. The lowest BCUT2D eigenvalue weighted by molar-refractivity contribution is 0.0730. The van der Waals surface area contributed by atoms with Gasteiger partial charge in [0.25, 0.3) is 0 Å². The fraction of sp³-hybridized carbons (Fsp3) is 0.455. The molecule has 0 radical (unpaired) electrons. The van der Waals surface area contributed by atoms with Crippen LogP contribution >= 0.6 is 0 Å². The highest BCUT2D eigenvalue weighted by atomic mass is 32.2. The summed E-state index contributed by atoms with van der Waals surface area (Å²) in [4.78, 5) is 0.0586. The van der Waals surface area contributed by atoms with Gasteiger partial charge in [-0.15, -0.1) is 0 Å². The number of benzene rings is 1. The van der Waals surface area contributed by atoms with Crippen LogP contribution in [0, 0.1) is 12.7 Å². The molecule has 0 aliphatic carbocycles. The Bertz CT molecular complexity index is 554. The van der Waals surface area contributed by atoms with Crippen LogP contribution in [-0.2, 0) is 14.8 Å². The number of morpholine rings is 1. The summed E-state index contributed by atoms with van der Waals surface area (Å²) >= 11 is 0. The number of aryl methyl sites for hydroxylation is 1. The number of anilines is 1. The molecule has 0 spiro atoms. The van der Waals surface area contributed by atoms with Crippen molar-refractivity contribution in [1.29, 1.82) is 0 Å². The van der Waals surface area contributed by atoms with Crippen molar-refractivity contribution in [2.45, 2.75) is 11.8 Å². The van der Waals surface area contributed by atoms with Crippen molar-refractivity contribution in [2.75, 3.05) is 32.0 Å². The van der Waals surface area contributed by atoms with Crippen molar-refractivity contribution >= 4 is 15.7 Å². The summed E-state index contributed by atoms with van der Waals surface area (Å²) in [5, 5.41) is 0. The fourth-order valence-corrected chi connectivity index (χ4v) is 3.52. The molecule has 0 unspecified atom stereocenters. The average Bonchev–Trinajstić information content (AvgIpc) is 2.34. The van der Waals surface area contributed by atoms with E-state index < -0.39 is 15.8 Å². The maximum absolute atomic E-state index is 13.2. The highest BCUT2D eigenvalue weighted by molar-refractivity contribution is 7.89. The van der Waals surface area contributed by atoms with Crippen LogP contribution in [0.5, 0.6) is 0 Å². The van der Waals surface area contributed by atoms with E-state index in [4.69, 9.17) is 10.5 Å². The van der Waals surface area contributed by atoms with Gasteiger partial charge in [0, 0.05) is 13.1 Å². The minimum absolute atomic E-state index is 0.0586. The molecule has 1 aromatic carbocycles. The minimum atomic E-state index is -3.63. The summed E-state index contributed by atoms with van der Waals surface area (Å²) < 4.78 is 44.4. The minimum Gasteiger partial charge on any atom is -0.396 e. The molecule has 7 heteroatoms. The standard InChI is InChI=1S/C11H15FN2O3S/c1-8-6-9(12)10(13)7-11(8)18(15,16)14-2-4-17-5-3-14/h6-7H,2-5,13H2,1H3. The molecule has 1 aliphatic rings. The second-order valence-corrected chi connectivity index (χ2v) is 6.06. The zero-order valence-corrected chi connectivity index (χ0v) is 10.8. The van der Waals surface area contributed by atoms with Crippen molar-refractivity contribution in [1.82, 2.24) is 4.31 Å². The molecule has 1 aliphatic heterocycles. The highest BCUT2D eigenvalue weighted by Gasteiger charge is 2.28. The summed E-state index contributed by atoms with van der Waals surface area (Å²) in [6.07, 6.45) is 0. The van der Waals surface area contributed by atoms with E-state index in [-0.39, 0.29) is 10.6 Å². The van der Waals surface area contributed by atoms with Crippen molar-refractivity contribution in [2.24, 2.45) is 0 Å². The Morgan fingerprint density at radius 3 is 2.56 bits per heavy atom. The van der Waals surface area contributed by atoms with Gasteiger partial charge >= 0.3 is 0 Å². The molecule has 1 fully saturated rings. The van der Waals surface area contributed by atoms with E-state index in [1.807, 2.05) is 0 Å². The van der Waals surface area contributed by atoms with Crippen LogP contribution in [0.3, 0.4) is 0 Å². The molecule has 18 heavy (non-hydrogen) atoms. The topological polar surface area (TPSA) is 72.6 Å². The van der Waals surface area contributed by atoms with Crippen LogP contribution in [0.25, 0.3) is 0 Å². The third-order valence-corrected chi connectivity index (χ3v) is 4.92. The van der Waals surface area contributed by atoms with E-state index in [0.717, 1.165) is 6.07 Å². The lowest BCUT2D eigenvalue weighted by Crippen LogP contribution is -2.40. The zero-order chi connectivity index (χ0) is 13.3. The second kappa shape index (κ2) is 4.83. The maximum atomic E-state index is 13.2. The van der Waals surface area contributed by atoms with E-state index in [1.54, 1.807) is 6.92 Å². The molecule has 0 bridgehead atoms. The van der Waals surface area contributed by atoms with Gasteiger partial charge in [-0.1, -0.05) is 0 Å². The smallest absolute Gasteiger partial charge is 0.243 e. The molecule has 5 nitrogen and oxygen atoms in total. The maximum Gasteiger partial charge on any atom is 0.243 e. The van der Waals surface area contributed by atoms with Gasteiger partial charge in [-0.05, 0) is 24.6 Å². The Labute approximate surface area is 105 Å². The largest absolute Gasteiger partial charge is 0.396 e. The Morgan fingerprint density at radius 2 is 1.94 bits per heavy atom. The van der Waals surface area contributed by atoms with Gasteiger partial charge in [0.15, 0.2) is 0 Å². The van der Waals surface area contributed by atoms with E-state index >= 15 is 0 Å². The van der Waals surface area contributed by atoms with Crippen LogP contribution in [0.1, 0.15) is 5.56 Å². The first kappa shape index (κ1) is 13.3. The van der Waals surface area contributed by atoms with Gasteiger partial charge in [0.05, 0.1) is 23.8 Å². The zero-order valence-electron chi connectivity index (χ0n) is 10.0. The number of sulfonamides is 1. The first-order valence-electron chi connectivity index (χ1n) is 5.56. The summed E-state index contributed by atoms with van der Waals surface area (Å²) in [5.74, 6) is -0.603. The number of nitrogen functional groups attached to an aromatic ring is 1. The molecule has 0 aromatic heterocycles. The summed E-state index contributed by atoms with van der Waals surface area (Å²) in [6.45, 7) is 2.90. The number of nitrogens with zero attached hydrogens (tertiary/aromatic N) is 1. The molecule has 0 atom stereocenters. The van der Waals surface area contributed by atoms with E-state index in [0.29, 0.717) is 31.9 Å². The quantitative estimate of drug-likeness (QED) is 0.807. The van der Waals surface area contributed by atoms with E-state index in [9.17, 15) is 12.8 Å². The number of nitrogens with two attached hydrogens (primary N) is 1. The van der Waals surface area contributed by atoms with Gasteiger partial charge in [0.2, 0.25) is 10.0 Å². The predicted molar refractivity (Wildman–Crippen MR) is 65.1 cm³/mol. The van der Waals surface area contributed by atoms with Crippen molar-refractivity contribution in [3.63, 3.8) is 0 Å². The SMILES string of the molecule is Cc1cc(F)c(N)cc1S(=O)(=O)N1CCOCC1. The first-order chi connectivity index (χ1) is 8.43. The van der Waals surface area contributed by atoms with Crippen molar-refractivity contribution < 1.29 is 17.5 Å².